The van der Waals surface area contributed by atoms with Crippen molar-refractivity contribution in [2.45, 2.75) is 12.2 Å². The molecule has 6 heteroatoms. The summed E-state index contributed by atoms with van der Waals surface area (Å²) in [6.07, 6.45) is -3.13. The summed E-state index contributed by atoms with van der Waals surface area (Å²) >= 11 is 0. The minimum Gasteiger partial charge on any atom is -0.368 e. The number of hydrogen-bond donors (Lipinski definition) is 2. The lowest BCUT2D eigenvalue weighted by molar-refractivity contribution is -0.137. The van der Waals surface area contributed by atoms with Crippen LogP contribution in [0.2, 0.25) is 0 Å². The van der Waals surface area contributed by atoms with Gasteiger partial charge in [0.05, 0.1) is 5.56 Å². The number of hydrogen-bond acceptors (Lipinski definition) is 3. The number of benzene rings is 1. The van der Waals surface area contributed by atoms with Crippen LogP contribution in [0.25, 0.3) is 0 Å². The number of nitrogens with one attached hydrogen (secondary N) is 1. The molecule has 0 aliphatic rings. The second kappa shape index (κ2) is 5.92. The molecule has 0 saturated heterocycles. The first-order valence-electron chi connectivity index (χ1n) is 6.05. The van der Waals surface area contributed by atoms with Crippen LogP contribution in [0.1, 0.15) is 17.2 Å². The predicted octanol–water partition coefficient (Wildman–Crippen LogP) is 3.21. The van der Waals surface area contributed by atoms with E-state index in [0.717, 1.165) is 11.6 Å². The molecule has 0 aliphatic carbocycles. The topological polar surface area (TPSA) is 50.9 Å². The third-order valence-electron chi connectivity index (χ3n) is 2.83. The molecule has 3 N–H and O–H groups in total. The molecule has 0 bridgehead atoms. The van der Waals surface area contributed by atoms with Crippen molar-refractivity contribution in [3.05, 3.63) is 59.8 Å². The van der Waals surface area contributed by atoms with Crippen molar-refractivity contribution in [2.75, 3.05) is 11.9 Å². The van der Waals surface area contributed by atoms with Gasteiger partial charge in [-0.15, -0.1) is 0 Å². The first-order chi connectivity index (χ1) is 9.48. The SMILES string of the molecule is NC(CNc1ncccc1C(F)(F)F)c1ccccc1. The molecule has 1 unspecified atom stereocenters. The molecule has 0 spiro atoms. The van der Waals surface area contributed by atoms with Crippen LogP contribution in [-0.4, -0.2) is 11.5 Å². The average molecular weight is 281 g/mol. The van der Waals surface area contributed by atoms with Crippen LogP contribution in [0, 0.1) is 0 Å². The first-order valence-corrected chi connectivity index (χ1v) is 6.05. The van der Waals surface area contributed by atoms with Crippen molar-refractivity contribution in [1.29, 1.82) is 0 Å². The van der Waals surface area contributed by atoms with Gasteiger partial charge in [0, 0.05) is 18.8 Å². The predicted molar refractivity (Wildman–Crippen MR) is 71.1 cm³/mol. The summed E-state index contributed by atoms with van der Waals surface area (Å²) in [6.45, 7) is 0.171. The molecule has 0 saturated carbocycles. The number of aromatic nitrogens is 1. The molecule has 106 valence electrons. The van der Waals surface area contributed by atoms with Crippen molar-refractivity contribution in [3.8, 4) is 0 Å². The molecule has 0 fully saturated rings. The fourth-order valence-electron chi connectivity index (χ4n) is 1.80. The second-order valence-corrected chi connectivity index (χ2v) is 4.30. The van der Waals surface area contributed by atoms with Gasteiger partial charge in [-0.2, -0.15) is 13.2 Å². The van der Waals surface area contributed by atoms with Crippen LogP contribution in [0.4, 0.5) is 19.0 Å². The number of pyridine rings is 1. The molecule has 20 heavy (non-hydrogen) atoms. The molecule has 0 radical (unpaired) electrons. The number of halogens is 3. The highest BCUT2D eigenvalue weighted by molar-refractivity contribution is 5.45. The van der Waals surface area contributed by atoms with Gasteiger partial charge in [0.15, 0.2) is 0 Å². The Morgan fingerprint density at radius 1 is 1.10 bits per heavy atom. The Morgan fingerprint density at radius 2 is 1.80 bits per heavy atom. The highest BCUT2D eigenvalue weighted by atomic mass is 19.4. The van der Waals surface area contributed by atoms with Gasteiger partial charge in [-0.25, -0.2) is 4.98 Å². The average Bonchev–Trinajstić information content (AvgIpc) is 2.45. The quantitative estimate of drug-likeness (QED) is 0.904. The Labute approximate surface area is 114 Å². The van der Waals surface area contributed by atoms with E-state index in [2.05, 4.69) is 10.3 Å². The lowest BCUT2D eigenvalue weighted by atomic mass is 10.1. The smallest absolute Gasteiger partial charge is 0.368 e. The molecule has 1 heterocycles. The van der Waals surface area contributed by atoms with Gasteiger partial charge in [-0.1, -0.05) is 30.3 Å². The van der Waals surface area contributed by atoms with E-state index in [-0.39, 0.29) is 12.4 Å². The third kappa shape index (κ3) is 3.48. The van der Waals surface area contributed by atoms with Crippen LogP contribution in [0.5, 0.6) is 0 Å². The Bertz CT molecular complexity index is 555. The number of nitrogens with two attached hydrogens (primary N) is 1. The molecule has 1 aromatic heterocycles. The maximum Gasteiger partial charge on any atom is 0.419 e. The summed E-state index contributed by atoms with van der Waals surface area (Å²) in [7, 11) is 0. The highest BCUT2D eigenvalue weighted by Crippen LogP contribution is 2.33. The molecule has 1 aromatic carbocycles. The van der Waals surface area contributed by atoms with Crippen molar-refractivity contribution in [2.24, 2.45) is 5.73 Å². The minimum atomic E-state index is -4.44. The summed E-state index contributed by atoms with van der Waals surface area (Å²) in [5, 5.41) is 2.66. The normalized spacial score (nSPS) is 13.0. The van der Waals surface area contributed by atoms with E-state index < -0.39 is 17.8 Å². The van der Waals surface area contributed by atoms with E-state index in [1.165, 1.54) is 12.3 Å². The van der Waals surface area contributed by atoms with Crippen molar-refractivity contribution in [1.82, 2.24) is 4.98 Å². The van der Waals surface area contributed by atoms with Gasteiger partial charge < -0.3 is 11.1 Å². The fraction of sp³-hybridized carbons (Fsp3) is 0.214. The zero-order chi connectivity index (χ0) is 14.6. The van der Waals surface area contributed by atoms with Gasteiger partial charge in [0.25, 0.3) is 0 Å². The Balaban J connectivity index is 2.08. The maximum absolute atomic E-state index is 12.8. The van der Waals surface area contributed by atoms with E-state index in [9.17, 15) is 13.2 Å². The molecule has 2 rings (SSSR count). The summed E-state index contributed by atoms with van der Waals surface area (Å²) in [4.78, 5) is 3.72. The largest absolute Gasteiger partial charge is 0.419 e. The number of anilines is 1. The van der Waals surface area contributed by atoms with Crippen LogP contribution in [0.3, 0.4) is 0 Å². The van der Waals surface area contributed by atoms with Crippen molar-refractivity contribution in [3.63, 3.8) is 0 Å². The summed E-state index contributed by atoms with van der Waals surface area (Å²) in [6, 6.07) is 11.0. The van der Waals surface area contributed by atoms with E-state index >= 15 is 0 Å². The van der Waals surface area contributed by atoms with Crippen LogP contribution < -0.4 is 11.1 Å². The van der Waals surface area contributed by atoms with Gasteiger partial charge in [-0.3, -0.25) is 0 Å². The lowest BCUT2D eigenvalue weighted by Crippen LogP contribution is -2.22. The first kappa shape index (κ1) is 14.3. The second-order valence-electron chi connectivity index (χ2n) is 4.30. The molecule has 1 atom stereocenters. The molecule has 0 aliphatic heterocycles. The van der Waals surface area contributed by atoms with E-state index in [4.69, 9.17) is 5.73 Å². The number of rotatable bonds is 4. The molecular formula is C14H14F3N3. The number of alkyl halides is 3. The van der Waals surface area contributed by atoms with Gasteiger partial charge in [-0.05, 0) is 17.7 Å². The van der Waals surface area contributed by atoms with Gasteiger partial charge in [0.2, 0.25) is 0 Å². The van der Waals surface area contributed by atoms with E-state index in [1.807, 2.05) is 30.3 Å². The van der Waals surface area contributed by atoms with E-state index in [0.29, 0.717) is 0 Å². The number of nitrogens with zero attached hydrogens (tertiary/aromatic N) is 1. The van der Waals surface area contributed by atoms with Crippen LogP contribution >= 0.6 is 0 Å². The van der Waals surface area contributed by atoms with Gasteiger partial charge in [0.1, 0.15) is 5.82 Å². The fourth-order valence-corrected chi connectivity index (χ4v) is 1.80. The molecular weight excluding hydrogens is 267 g/mol. The molecule has 3 nitrogen and oxygen atoms in total. The lowest BCUT2D eigenvalue weighted by Gasteiger charge is -2.16. The minimum absolute atomic E-state index is 0.171. The Hall–Kier alpha value is -2.08. The summed E-state index contributed by atoms with van der Waals surface area (Å²) in [5.74, 6) is -0.202. The summed E-state index contributed by atoms with van der Waals surface area (Å²) < 4.78 is 38.4. The Morgan fingerprint density at radius 3 is 2.45 bits per heavy atom. The zero-order valence-electron chi connectivity index (χ0n) is 10.6. The highest BCUT2D eigenvalue weighted by Gasteiger charge is 2.34. The summed E-state index contributed by atoms with van der Waals surface area (Å²) in [5.41, 5.74) is 5.99. The van der Waals surface area contributed by atoms with Crippen molar-refractivity contribution < 1.29 is 13.2 Å². The van der Waals surface area contributed by atoms with Crippen LogP contribution in [0.15, 0.2) is 48.7 Å². The third-order valence-corrected chi connectivity index (χ3v) is 2.83. The van der Waals surface area contributed by atoms with E-state index in [1.54, 1.807) is 0 Å². The standard InChI is InChI=1S/C14H14F3N3/c15-14(16,17)11-7-4-8-19-13(11)20-9-12(18)10-5-2-1-3-6-10/h1-8,12H,9,18H2,(H,19,20). The van der Waals surface area contributed by atoms with Crippen LogP contribution in [-0.2, 0) is 6.18 Å². The monoisotopic (exact) mass is 281 g/mol. The van der Waals surface area contributed by atoms with Gasteiger partial charge >= 0.3 is 6.18 Å². The zero-order valence-corrected chi connectivity index (χ0v) is 10.6. The maximum atomic E-state index is 12.8. The molecule has 2 aromatic rings. The Kier molecular flexibility index (Phi) is 4.24. The van der Waals surface area contributed by atoms with Crippen molar-refractivity contribution >= 4 is 5.82 Å². The molecule has 0 amide bonds.